The van der Waals surface area contributed by atoms with Crippen LogP contribution in [0.4, 0.5) is 0 Å². The monoisotopic (exact) mass is 299 g/mol. The Labute approximate surface area is 129 Å². The van der Waals surface area contributed by atoms with Crippen LogP contribution >= 0.6 is 11.6 Å². The summed E-state index contributed by atoms with van der Waals surface area (Å²) in [5, 5.41) is 11.2. The van der Waals surface area contributed by atoms with Gasteiger partial charge in [0.25, 0.3) is 0 Å². The zero-order chi connectivity index (χ0) is 15.0. The number of aromatic nitrogens is 3. The first-order valence-electron chi connectivity index (χ1n) is 7.02. The molecule has 108 valence electrons. The molecule has 0 bridgehead atoms. The maximum Gasteiger partial charge on any atom is 0.225 e. The Morgan fingerprint density at radius 3 is 2.48 bits per heavy atom. The summed E-state index contributed by atoms with van der Waals surface area (Å²) < 4.78 is 1.99. The molecule has 0 aliphatic heterocycles. The second-order valence-electron chi connectivity index (χ2n) is 6.27. The van der Waals surface area contributed by atoms with E-state index in [0.29, 0.717) is 11.8 Å². The smallest absolute Gasteiger partial charge is 0.225 e. The van der Waals surface area contributed by atoms with Gasteiger partial charge in [-0.25, -0.2) is 0 Å². The van der Waals surface area contributed by atoms with E-state index in [1.807, 2.05) is 4.57 Å². The molecule has 4 heteroatoms. The maximum absolute atomic E-state index is 6.24. The third-order valence-electron chi connectivity index (χ3n) is 3.58. The minimum absolute atomic E-state index is 0.0925. The summed E-state index contributed by atoms with van der Waals surface area (Å²) in [6.07, 6.45) is 0. The minimum Gasteiger partial charge on any atom is -0.297 e. The van der Waals surface area contributed by atoms with Crippen LogP contribution in [-0.2, 0) is 12.0 Å². The molecule has 0 radical (unpaired) electrons. The van der Waals surface area contributed by atoms with Crippen LogP contribution in [-0.4, -0.2) is 14.8 Å². The topological polar surface area (TPSA) is 30.7 Å². The van der Waals surface area contributed by atoms with Crippen molar-refractivity contribution in [2.45, 2.75) is 32.7 Å². The van der Waals surface area contributed by atoms with Crippen LogP contribution in [0, 0.1) is 0 Å². The Hall–Kier alpha value is -1.87. The van der Waals surface area contributed by atoms with Gasteiger partial charge < -0.3 is 0 Å². The summed E-state index contributed by atoms with van der Waals surface area (Å²) in [7, 11) is 0. The Morgan fingerprint density at radius 2 is 1.71 bits per heavy atom. The molecule has 0 spiro atoms. The van der Waals surface area contributed by atoms with E-state index >= 15 is 0 Å². The Balaban J connectivity index is 2.10. The van der Waals surface area contributed by atoms with Crippen molar-refractivity contribution in [3.8, 4) is 0 Å². The number of rotatable bonds is 2. The van der Waals surface area contributed by atoms with Crippen LogP contribution < -0.4 is 0 Å². The predicted molar refractivity (Wildman–Crippen MR) is 86.8 cm³/mol. The lowest BCUT2D eigenvalue weighted by Gasteiger charge is -2.19. The number of nitrogens with zero attached hydrogens (tertiary/aromatic N) is 3. The van der Waals surface area contributed by atoms with E-state index in [0.717, 1.165) is 5.82 Å². The molecule has 3 nitrogen and oxygen atoms in total. The van der Waals surface area contributed by atoms with Crippen LogP contribution in [0.3, 0.4) is 0 Å². The van der Waals surface area contributed by atoms with Gasteiger partial charge in [-0.1, -0.05) is 63.2 Å². The quantitative estimate of drug-likeness (QED) is 0.701. The molecule has 0 amide bonds. The Kier molecular flexibility index (Phi) is 3.46. The van der Waals surface area contributed by atoms with Gasteiger partial charge in [0, 0.05) is 5.41 Å². The normalized spacial score (nSPS) is 12.0. The molecule has 0 aliphatic rings. The van der Waals surface area contributed by atoms with Crippen molar-refractivity contribution in [1.29, 1.82) is 0 Å². The number of fused-ring (bicyclic) bond motifs is 1. The lowest BCUT2D eigenvalue weighted by atomic mass is 9.95. The number of hydrogen-bond donors (Lipinski definition) is 0. The van der Waals surface area contributed by atoms with E-state index < -0.39 is 0 Å². The van der Waals surface area contributed by atoms with Crippen LogP contribution in [0.2, 0.25) is 5.28 Å². The fourth-order valence-corrected chi connectivity index (χ4v) is 2.76. The second-order valence-corrected chi connectivity index (χ2v) is 6.61. The number of hydrogen-bond acceptors (Lipinski definition) is 2. The molecule has 2 aromatic carbocycles. The van der Waals surface area contributed by atoms with E-state index in [-0.39, 0.29) is 5.41 Å². The molecule has 0 unspecified atom stereocenters. The van der Waals surface area contributed by atoms with E-state index in [9.17, 15) is 0 Å². The summed E-state index contributed by atoms with van der Waals surface area (Å²) in [6, 6.07) is 14.7. The molecular formula is C17H18ClN3. The molecule has 0 saturated carbocycles. The van der Waals surface area contributed by atoms with Crippen molar-refractivity contribution >= 4 is 22.4 Å². The molecule has 0 atom stereocenters. The van der Waals surface area contributed by atoms with E-state index in [1.54, 1.807) is 0 Å². The number of halogens is 1. The van der Waals surface area contributed by atoms with Gasteiger partial charge in [-0.05, 0) is 27.9 Å². The van der Waals surface area contributed by atoms with Crippen molar-refractivity contribution in [3.05, 3.63) is 59.1 Å². The average molecular weight is 300 g/mol. The summed E-state index contributed by atoms with van der Waals surface area (Å²) in [6.45, 7) is 7.03. The highest BCUT2D eigenvalue weighted by Crippen LogP contribution is 2.26. The van der Waals surface area contributed by atoms with Crippen LogP contribution in [0.15, 0.2) is 42.5 Å². The zero-order valence-electron chi connectivity index (χ0n) is 12.5. The summed E-state index contributed by atoms with van der Waals surface area (Å²) in [5.41, 5.74) is 1.13. The molecule has 0 aliphatic carbocycles. The summed E-state index contributed by atoms with van der Waals surface area (Å²) in [5.74, 6) is 0.903. The SMILES string of the molecule is CC(C)(C)c1nnc(Cl)n1Cc1cccc2ccccc12. The molecule has 21 heavy (non-hydrogen) atoms. The van der Waals surface area contributed by atoms with Crippen molar-refractivity contribution in [2.75, 3.05) is 0 Å². The van der Waals surface area contributed by atoms with Crippen LogP contribution in [0.25, 0.3) is 10.8 Å². The van der Waals surface area contributed by atoms with Crippen molar-refractivity contribution < 1.29 is 0 Å². The van der Waals surface area contributed by atoms with Gasteiger partial charge >= 0.3 is 0 Å². The van der Waals surface area contributed by atoms with Crippen molar-refractivity contribution in [2.24, 2.45) is 0 Å². The molecule has 0 fully saturated rings. The highest BCUT2D eigenvalue weighted by molar-refractivity contribution is 6.28. The minimum atomic E-state index is -0.0925. The van der Waals surface area contributed by atoms with Crippen molar-refractivity contribution in [1.82, 2.24) is 14.8 Å². The van der Waals surface area contributed by atoms with E-state index in [4.69, 9.17) is 11.6 Å². The highest BCUT2D eigenvalue weighted by Gasteiger charge is 2.23. The molecule has 1 aromatic heterocycles. The van der Waals surface area contributed by atoms with Crippen LogP contribution in [0.5, 0.6) is 0 Å². The molecule has 0 N–H and O–H groups in total. The summed E-state index contributed by atoms with van der Waals surface area (Å²) >= 11 is 6.24. The van der Waals surface area contributed by atoms with Crippen molar-refractivity contribution in [3.63, 3.8) is 0 Å². The maximum atomic E-state index is 6.24. The van der Waals surface area contributed by atoms with Gasteiger partial charge in [0.15, 0.2) is 0 Å². The van der Waals surface area contributed by atoms with Crippen LogP contribution in [0.1, 0.15) is 32.2 Å². The van der Waals surface area contributed by atoms with Gasteiger partial charge in [-0.15, -0.1) is 10.2 Å². The average Bonchev–Trinajstić information content (AvgIpc) is 2.81. The van der Waals surface area contributed by atoms with E-state index in [1.165, 1.54) is 16.3 Å². The third-order valence-corrected chi connectivity index (χ3v) is 3.86. The highest BCUT2D eigenvalue weighted by atomic mass is 35.5. The first-order chi connectivity index (χ1) is 9.97. The second kappa shape index (κ2) is 5.15. The third kappa shape index (κ3) is 2.66. The summed E-state index contributed by atoms with van der Waals surface area (Å²) in [4.78, 5) is 0. The van der Waals surface area contributed by atoms with E-state index in [2.05, 4.69) is 73.4 Å². The van der Waals surface area contributed by atoms with Gasteiger partial charge in [0.2, 0.25) is 5.28 Å². The standard InChI is InChI=1S/C17H18ClN3/c1-17(2,3)15-19-20-16(18)21(15)11-13-9-6-8-12-7-4-5-10-14(12)13/h4-10H,11H2,1-3H3. The molecule has 0 saturated heterocycles. The fraction of sp³-hybridized carbons (Fsp3) is 0.294. The van der Waals surface area contributed by atoms with Gasteiger partial charge in [-0.2, -0.15) is 0 Å². The lowest BCUT2D eigenvalue weighted by molar-refractivity contribution is 0.510. The molecule has 1 heterocycles. The first-order valence-corrected chi connectivity index (χ1v) is 7.40. The molecule has 3 aromatic rings. The first kappa shape index (κ1) is 14.1. The fourth-order valence-electron chi connectivity index (χ4n) is 2.58. The largest absolute Gasteiger partial charge is 0.297 e. The Morgan fingerprint density at radius 1 is 1.00 bits per heavy atom. The van der Waals surface area contributed by atoms with Gasteiger partial charge in [0.1, 0.15) is 5.82 Å². The van der Waals surface area contributed by atoms with Gasteiger partial charge in [-0.3, -0.25) is 4.57 Å². The predicted octanol–water partition coefficient (Wildman–Crippen LogP) is 4.43. The van der Waals surface area contributed by atoms with Gasteiger partial charge in [0.05, 0.1) is 6.54 Å². The number of benzene rings is 2. The molecule has 3 rings (SSSR count). The zero-order valence-corrected chi connectivity index (χ0v) is 13.2. The molecular weight excluding hydrogens is 282 g/mol. The lowest BCUT2D eigenvalue weighted by Crippen LogP contribution is -2.19. The Bertz CT molecular complexity index is 779.